The Labute approximate surface area is 113 Å². The monoisotopic (exact) mass is 273 g/mol. The molecule has 96 valence electrons. The number of benzene rings is 1. The number of methoxy groups -OCH3 is 1. The van der Waals surface area contributed by atoms with Crippen molar-refractivity contribution in [3.63, 3.8) is 0 Å². The smallest absolute Gasteiger partial charge is 0.355 e. The number of thiazole rings is 1. The Bertz CT molecular complexity index is 760. The number of nitrogens with two attached hydrogens (primary N) is 1. The predicted octanol–water partition coefficient (Wildman–Crippen LogP) is 2.66. The van der Waals surface area contributed by atoms with Crippen LogP contribution in [0.3, 0.4) is 0 Å². The van der Waals surface area contributed by atoms with Gasteiger partial charge in [0.25, 0.3) is 0 Å². The van der Waals surface area contributed by atoms with Gasteiger partial charge >= 0.3 is 5.97 Å². The van der Waals surface area contributed by atoms with Crippen LogP contribution in [0.15, 0.2) is 29.6 Å². The van der Waals surface area contributed by atoms with Gasteiger partial charge in [0.1, 0.15) is 5.69 Å². The van der Waals surface area contributed by atoms with E-state index in [-0.39, 0.29) is 0 Å². The highest BCUT2D eigenvalue weighted by Crippen LogP contribution is 2.33. The second-order valence-electron chi connectivity index (χ2n) is 3.98. The largest absolute Gasteiger partial charge is 0.464 e. The van der Waals surface area contributed by atoms with Gasteiger partial charge in [-0.15, -0.1) is 11.3 Å². The molecular formula is C13H11N3O2S. The number of hydrogen-bond donors (Lipinski definition) is 2. The van der Waals surface area contributed by atoms with E-state index in [9.17, 15) is 4.79 Å². The number of nitrogens with zero attached hydrogens (tertiary/aromatic N) is 1. The topological polar surface area (TPSA) is 81.0 Å². The first-order valence-corrected chi connectivity index (χ1v) is 6.49. The highest BCUT2D eigenvalue weighted by molar-refractivity contribution is 7.13. The summed E-state index contributed by atoms with van der Waals surface area (Å²) in [7, 11) is 1.35. The van der Waals surface area contributed by atoms with Crippen molar-refractivity contribution in [2.24, 2.45) is 0 Å². The number of carbonyl (C=O) groups is 1. The predicted molar refractivity (Wildman–Crippen MR) is 75.2 cm³/mol. The lowest BCUT2D eigenvalue weighted by atomic mass is 10.1. The summed E-state index contributed by atoms with van der Waals surface area (Å²) in [6.07, 6.45) is 0. The van der Waals surface area contributed by atoms with Crippen LogP contribution in [-0.2, 0) is 4.74 Å². The van der Waals surface area contributed by atoms with E-state index in [2.05, 4.69) is 9.97 Å². The summed E-state index contributed by atoms with van der Waals surface area (Å²) in [6, 6.07) is 7.65. The number of anilines is 1. The molecule has 0 spiro atoms. The summed E-state index contributed by atoms with van der Waals surface area (Å²) in [4.78, 5) is 19.2. The Morgan fingerprint density at radius 1 is 1.42 bits per heavy atom. The maximum atomic E-state index is 11.9. The number of aromatic nitrogens is 2. The van der Waals surface area contributed by atoms with Crippen LogP contribution in [0.2, 0.25) is 0 Å². The summed E-state index contributed by atoms with van der Waals surface area (Å²) >= 11 is 1.34. The molecular weight excluding hydrogens is 262 g/mol. The maximum absolute atomic E-state index is 11.9. The van der Waals surface area contributed by atoms with Crippen LogP contribution in [0.4, 0.5) is 5.13 Å². The number of esters is 1. The molecule has 5 nitrogen and oxygen atoms in total. The number of para-hydroxylation sites is 1. The number of nitrogen functional groups attached to an aromatic ring is 1. The fourth-order valence-electron chi connectivity index (χ4n) is 2.07. The molecule has 0 aliphatic rings. The highest BCUT2D eigenvalue weighted by atomic mass is 32.1. The molecule has 0 bridgehead atoms. The van der Waals surface area contributed by atoms with Gasteiger partial charge in [-0.1, -0.05) is 18.2 Å². The van der Waals surface area contributed by atoms with E-state index in [4.69, 9.17) is 10.5 Å². The molecule has 3 rings (SSSR count). The van der Waals surface area contributed by atoms with Crippen molar-refractivity contribution < 1.29 is 9.53 Å². The van der Waals surface area contributed by atoms with Gasteiger partial charge < -0.3 is 15.5 Å². The molecule has 0 saturated heterocycles. The second kappa shape index (κ2) is 4.40. The first kappa shape index (κ1) is 11.7. The Morgan fingerprint density at radius 3 is 2.89 bits per heavy atom. The number of rotatable bonds is 2. The third-order valence-electron chi connectivity index (χ3n) is 2.87. The molecule has 3 aromatic rings. The van der Waals surface area contributed by atoms with Crippen molar-refractivity contribution in [2.45, 2.75) is 0 Å². The molecule has 3 N–H and O–H groups in total. The van der Waals surface area contributed by atoms with Crippen molar-refractivity contribution in [3.05, 3.63) is 35.3 Å². The fourth-order valence-corrected chi connectivity index (χ4v) is 2.62. The SMILES string of the molecule is COC(=O)c1[nH]c2ccccc2c1-c1csc(N)n1. The van der Waals surface area contributed by atoms with Crippen LogP contribution < -0.4 is 5.73 Å². The molecule has 0 aliphatic carbocycles. The number of aromatic amines is 1. The van der Waals surface area contributed by atoms with Gasteiger partial charge in [-0.3, -0.25) is 0 Å². The van der Waals surface area contributed by atoms with Crippen molar-refractivity contribution in [1.82, 2.24) is 9.97 Å². The lowest BCUT2D eigenvalue weighted by Crippen LogP contribution is -2.03. The number of hydrogen-bond acceptors (Lipinski definition) is 5. The minimum Gasteiger partial charge on any atom is -0.464 e. The standard InChI is InChI=1S/C13H11N3O2S/c1-18-12(17)11-10(9-6-19-13(14)16-9)7-4-2-3-5-8(7)15-11/h2-6,15H,1H3,(H2,14,16). The van der Waals surface area contributed by atoms with E-state index in [1.54, 1.807) is 0 Å². The number of nitrogens with one attached hydrogen (secondary N) is 1. The molecule has 2 aromatic heterocycles. The highest BCUT2D eigenvalue weighted by Gasteiger charge is 2.21. The van der Waals surface area contributed by atoms with Crippen LogP contribution in [0.25, 0.3) is 22.2 Å². The molecule has 0 atom stereocenters. The average molecular weight is 273 g/mol. The third-order valence-corrected chi connectivity index (χ3v) is 3.55. The molecule has 0 amide bonds. The van der Waals surface area contributed by atoms with Gasteiger partial charge in [-0.25, -0.2) is 9.78 Å². The molecule has 0 radical (unpaired) electrons. The van der Waals surface area contributed by atoms with Crippen LogP contribution in [0.5, 0.6) is 0 Å². The minimum absolute atomic E-state index is 0.397. The number of carbonyl (C=O) groups excluding carboxylic acids is 1. The number of H-pyrrole nitrogens is 1. The zero-order valence-corrected chi connectivity index (χ0v) is 11.0. The summed E-state index contributed by atoms with van der Waals surface area (Å²) in [5.74, 6) is -0.419. The van der Waals surface area contributed by atoms with Crippen molar-refractivity contribution in [2.75, 3.05) is 12.8 Å². The summed E-state index contributed by atoms with van der Waals surface area (Å²) in [6.45, 7) is 0. The Kier molecular flexibility index (Phi) is 2.72. The fraction of sp³-hybridized carbons (Fsp3) is 0.0769. The van der Waals surface area contributed by atoms with Gasteiger partial charge in [0.05, 0.1) is 12.8 Å². The van der Waals surface area contributed by atoms with Crippen molar-refractivity contribution in [1.29, 1.82) is 0 Å². The second-order valence-corrected chi connectivity index (χ2v) is 4.87. The molecule has 1 aromatic carbocycles. The van der Waals surface area contributed by atoms with Gasteiger partial charge in [-0.2, -0.15) is 0 Å². The van der Waals surface area contributed by atoms with E-state index in [0.29, 0.717) is 16.5 Å². The summed E-state index contributed by atoms with van der Waals surface area (Å²) < 4.78 is 4.81. The first-order chi connectivity index (χ1) is 9.20. The molecule has 0 saturated carbocycles. The van der Waals surface area contributed by atoms with Gasteiger partial charge in [0.2, 0.25) is 0 Å². The Balaban J connectivity index is 2.33. The van der Waals surface area contributed by atoms with Crippen LogP contribution >= 0.6 is 11.3 Å². The zero-order chi connectivity index (χ0) is 13.4. The average Bonchev–Trinajstić information content (AvgIpc) is 3.00. The number of ether oxygens (including phenoxy) is 1. The summed E-state index contributed by atoms with van der Waals surface area (Å²) in [5, 5.41) is 3.22. The van der Waals surface area contributed by atoms with Gasteiger partial charge in [0, 0.05) is 21.8 Å². The van der Waals surface area contributed by atoms with Crippen LogP contribution in [0.1, 0.15) is 10.5 Å². The molecule has 19 heavy (non-hydrogen) atoms. The molecule has 0 aliphatic heterocycles. The van der Waals surface area contributed by atoms with Crippen LogP contribution in [-0.4, -0.2) is 23.0 Å². The van der Waals surface area contributed by atoms with E-state index >= 15 is 0 Å². The normalized spacial score (nSPS) is 10.8. The minimum atomic E-state index is -0.419. The van der Waals surface area contributed by atoms with E-state index < -0.39 is 5.97 Å². The van der Waals surface area contributed by atoms with E-state index in [1.807, 2.05) is 29.6 Å². The lowest BCUT2D eigenvalue weighted by molar-refractivity contribution is 0.0596. The zero-order valence-electron chi connectivity index (χ0n) is 10.1. The molecule has 0 fully saturated rings. The number of fused-ring (bicyclic) bond motifs is 1. The van der Waals surface area contributed by atoms with Crippen LogP contribution in [0, 0.1) is 0 Å². The Hall–Kier alpha value is -2.34. The summed E-state index contributed by atoms with van der Waals surface area (Å²) in [5.41, 5.74) is 8.34. The quantitative estimate of drug-likeness (QED) is 0.703. The first-order valence-electron chi connectivity index (χ1n) is 5.61. The Morgan fingerprint density at radius 2 is 2.21 bits per heavy atom. The van der Waals surface area contributed by atoms with Gasteiger partial charge in [-0.05, 0) is 6.07 Å². The molecule has 6 heteroatoms. The van der Waals surface area contributed by atoms with Gasteiger partial charge in [0.15, 0.2) is 5.13 Å². The molecule has 0 unspecified atom stereocenters. The van der Waals surface area contributed by atoms with Crippen molar-refractivity contribution in [3.8, 4) is 11.3 Å². The third kappa shape index (κ3) is 1.86. The maximum Gasteiger partial charge on any atom is 0.355 e. The van der Waals surface area contributed by atoms with Crippen molar-refractivity contribution >= 4 is 33.3 Å². The molecule has 2 heterocycles. The van der Waals surface area contributed by atoms with E-state index in [1.165, 1.54) is 18.4 Å². The van der Waals surface area contributed by atoms with E-state index in [0.717, 1.165) is 16.5 Å². The lowest BCUT2D eigenvalue weighted by Gasteiger charge is -1.99.